The van der Waals surface area contributed by atoms with Crippen LogP contribution < -0.4 is 14.4 Å². The first-order valence-electron chi connectivity index (χ1n) is 14.0. The molecule has 2 fully saturated rings. The number of hydrogen-bond donors (Lipinski definition) is 1. The summed E-state index contributed by atoms with van der Waals surface area (Å²) in [5.74, 6) is 0.912. The number of benzene rings is 1. The first kappa shape index (κ1) is 27.2. The van der Waals surface area contributed by atoms with Crippen molar-refractivity contribution in [3.05, 3.63) is 55.0 Å². The van der Waals surface area contributed by atoms with Gasteiger partial charge in [-0.05, 0) is 68.0 Å². The van der Waals surface area contributed by atoms with E-state index in [-0.39, 0.29) is 17.6 Å². The van der Waals surface area contributed by atoms with Crippen molar-refractivity contribution in [2.75, 3.05) is 37.7 Å². The van der Waals surface area contributed by atoms with Crippen LogP contribution in [0.2, 0.25) is 0 Å². The Hall–Kier alpha value is -4.02. The zero-order valence-corrected chi connectivity index (χ0v) is 22.6. The molecule has 2 saturated heterocycles. The lowest BCUT2D eigenvalue weighted by atomic mass is 9.91. The van der Waals surface area contributed by atoms with Crippen molar-refractivity contribution >= 4 is 33.5 Å². The second kappa shape index (κ2) is 11.5. The number of piperidine rings is 2. The normalized spacial score (nSPS) is 18.7. The number of alkyl halides is 3. The minimum Gasteiger partial charge on any atom is -0.493 e. The number of hydrogen-bond acceptors (Lipinski definition) is 6. The van der Waals surface area contributed by atoms with Crippen LogP contribution in [0.5, 0.6) is 11.5 Å². The molecule has 5 heterocycles. The third kappa shape index (κ3) is 6.34. The summed E-state index contributed by atoms with van der Waals surface area (Å²) in [6.45, 7) is 3.57. The molecular formula is C30H32F3N5O3. The number of pyridine rings is 2. The minimum absolute atomic E-state index is 0.181. The van der Waals surface area contributed by atoms with Gasteiger partial charge in [0.1, 0.15) is 11.5 Å². The van der Waals surface area contributed by atoms with Gasteiger partial charge in [0.05, 0.1) is 18.3 Å². The van der Waals surface area contributed by atoms with Gasteiger partial charge in [0.15, 0.2) is 5.65 Å². The highest BCUT2D eigenvalue weighted by atomic mass is 19.4. The summed E-state index contributed by atoms with van der Waals surface area (Å²) < 4.78 is 46.8. The highest BCUT2D eigenvalue weighted by Gasteiger charge is 2.31. The Morgan fingerprint density at radius 2 is 1.76 bits per heavy atom. The average Bonchev–Trinajstić information content (AvgIpc) is 3.46. The molecule has 2 aliphatic rings. The minimum atomic E-state index is -4.72. The van der Waals surface area contributed by atoms with Gasteiger partial charge in [-0.3, -0.25) is 4.79 Å². The average molecular weight is 568 g/mol. The third-order valence-electron chi connectivity index (χ3n) is 8.10. The summed E-state index contributed by atoms with van der Waals surface area (Å²) in [5.41, 5.74) is 2.90. The number of aromatic amines is 1. The highest BCUT2D eigenvalue weighted by Crippen LogP contribution is 2.34. The molecule has 0 spiro atoms. The molecular weight excluding hydrogens is 535 g/mol. The van der Waals surface area contributed by atoms with Gasteiger partial charge in [0.25, 0.3) is 0 Å². The number of rotatable bonds is 7. The molecule has 1 unspecified atom stereocenters. The Kier molecular flexibility index (Phi) is 7.59. The lowest BCUT2D eigenvalue weighted by molar-refractivity contribution is -0.274. The van der Waals surface area contributed by atoms with Crippen LogP contribution >= 0.6 is 0 Å². The third-order valence-corrected chi connectivity index (χ3v) is 8.10. The van der Waals surface area contributed by atoms with Crippen LogP contribution in [-0.4, -0.2) is 64.9 Å². The summed E-state index contributed by atoms with van der Waals surface area (Å²) in [7, 11) is 0. The number of fused-ring (bicyclic) bond motifs is 3. The molecule has 11 heteroatoms. The molecule has 0 aliphatic carbocycles. The molecule has 0 radical (unpaired) electrons. The standard InChI is InChI=1S/C30H32F3N5O3/c31-30(32,33)41-23-5-3-22(4-6-23)40-19-21-2-1-13-38(18-21)27(39)16-20-9-14-37(15-10-20)26-8-12-34-25-17-36-29-24(28(25)26)7-11-35-29/h3-8,11-12,17,20-21,34H,1-2,9-10,13-16,18-19H2. The second-order valence-electron chi connectivity index (χ2n) is 10.9. The maximum absolute atomic E-state index is 13.2. The quantitative estimate of drug-likeness (QED) is 0.298. The summed E-state index contributed by atoms with van der Waals surface area (Å²) in [6.07, 6.45) is 5.16. The van der Waals surface area contributed by atoms with Crippen molar-refractivity contribution in [1.82, 2.24) is 19.9 Å². The van der Waals surface area contributed by atoms with Crippen LogP contribution in [0.3, 0.4) is 0 Å². The van der Waals surface area contributed by atoms with Crippen molar-refractivity contribution in [3.63, 3.8) is 0 Å². The van der Waals surface area contributed by atoms with E-state index in [0.717, 1.165) is 67.3 Å². The van der Waals surface area contributed by atoms with Crippen molar-refractivity contribution in [1.29, 1.82) is 0 Å². The van der Waals surface area contributed by atoms with E-state index < -0.39 is 6.36 Å². The summed E-state index contributed by atoms with van der Waals surface area (Å²) >= 11 is 0. The Morgan fingerprint density at radius 1 is 0.976 bits per heavy atom. The van der Waals surface area contributed by atoms with Crippen molar-refractivity contribution in [2.45, 2.75) is 38.5 Å². The van der Waals surface area contributed by atoms with Gasteiger partial charge in [0, 0.05) is 67.4 Å². The number of halogens is 3. The number of anilines is 1. The van der Waals surface area contributed by atoms with Crippen LogP contribution in [0.25, 0.3) is 21.9 Å². The van der Waals surface area contributed by atoms with E-state index in [0.29, 0.717) is 31.2 Å². The first-order valence-corrected chi connectivity index (χ1v) is 14.0. The number of nitrogens with zero attached hydrogens (tertiary/aromatic N) is 4. The van der Waals surface area contributed by atoms with E-state index in [4.69, 9.17) is 4.74 Å². The maximum Gasteiger partial charge on any atom is 0.573 e. The van der Waals surface area contributed by atoms with Gasteiger partial charge in [-0.1, -0.05) is 0 Å². The molecule has 41 heavy (non-hydrogen) atoms. The van der Waals surface area contributed by atoms with Crippen LogP contribution in [0.4, 0.5) is 18.9 Å². The van der Waals surface area contributed by atoms with Crippen molar-refractivity contribution < 1.29 is 27.4 Å². The number of H-pyrrole nitrogens is 1. The van der Waals surface area contributed by atoms with Gasteiger partial charge in [0.2, 0.25) is 5.91 Å². The van der Waals surface area contributed by atoms with E-state index >= 15 is 0 Å². The van der Waals surface area contributed by atoms with Crippen molar-refractivity contribution in [3.8, 4) is 11.5 Å². The van der Waals surface area contributed by atoms with Crippen LogP contribution in [-0.2, 0) is 4.79 Å². The second-order valence-corrected chi connectivity index (χ2v) is 10.9. The zero-order valence-electron chi connectivity index (χ0n) is 22.6. The zero-order chi connectivity index (χ0) is 28.4. The fourth-order valence-corrected chi connectivity index (χ4v) is 6.04. The lowest BCUT2D eigenvalue weighted by Gasteiger charge is -2.36. The Balaban J connectivity index is 0.996. The van der Waals surface area contributed by atoms with Gasteiger partial charge in [-0.2, -0.15) is 0 Å². The number of ether oxygens (including phenoxy) is 2. The lowest BCUT2D eigenvalue weighted by Crippen LogP contribution is -2.43. The predicted molar refractivity (Wildman–Crippen MR) is 149 cm³/mol. The molecule has 1 aromatic carbocycles. The number of aromatic nitrogens is 3. The maximum atomic E-state index is 13.2. The number of carbonyl (C=O) groups is 1. The van der Waals surface area contributed by atoms with Gasteiger partial charge >= 0.3 is 6.36 Å². The summed E-state index contributed by atoms with van der Waals surface area (Å²) in [6, 6.07) is 9.52. The van der Waals surface area contributed by atoms with E-state index in [1.807, 2.05) is 23.4 Å². The first-order chi connectivity index (χ1) is 19.8. The highest BCUT2D eigenvalue weighted by molar-refractivity contribution is 6.09. The smallest absolute Gasteiger partial charge is 0.493 e. The SMILES string of the molecule is O=C(CC1CCN(c2cc[nH]c3cnc4nccc4c23)CC1)N1CCCC(COc2ccc(OC(F)(F)F)cc2)C1. The molecule has 1 N–H and O–H groups in total. The predicted octanol–water partition coefficient (Wildman–Crippen LogP) is 5.93. The summed E-state index contributed by atoms with van der Waals surface area (Å²) in [4.78, 5) is 29.7. The number of nitrogens with one attached hydrogen (secondary N) is 1. The van der Waals surface area contributed by atoms with E-state index in [1.165, 1.54) is 30.0 Å². The Morgan fingerprint density at radius 3 is 2.54 bits per heavy atom. The number of likely N-dealkylation sites (tertiary alicyclic amines) is 1. The number of carbonyl (C=O) groups excluding carboxylic acids is 1. The molecule has 8 nitrogen and oxygen atoms in total. The molecule has 0 bridgehead atoms. The van der Waals surface area contributed by atoms with E-state index in [1.54, 1.807) is 6.20 Å². The molecule has 0 saturated carbocycles. The molecule has 6 rings (SSSR count). The Labute approximate surface area is 235 Å². The fourth-order valence-electron chi connectivity index (χ4n) is 6.04. The molecule has 2 aliphatic heterocycles. The van der Waals surface area contributed by atoms with Gasteiger partial charge < -0.3 is 24.3 Å². The van der Waals surface area contributed by atoms with Gasteiger partial charge in [-0.15, -0.1) is 13.2 Å². The Bertz CT molecular complexity index is 1500. The van der Waals surface area contributed by atoms with Crippen LogP contribution in [0.1, 0.15) is 32.1 Å². The monoisotopic (exact) mass is 567 g/mol. The fraction of sp³-hybridized carbons (Fsp3) is 0.433. The van der Waals surface area contributed by atoms with E-state index in [9.17, 15) is 18.0 Å². The van der Waals surface area contributed by atoms with E-state index in [2.05, 4.69) is 30.7 Å². The van der Waals surface area contributed by atoms with Crippen LogP contribution in [0, 0.1) is 11.8 Å². The molecule has 3 aromatic heterocycles. The molecule has 216 valence electrons. The number of amides is 1. The molecule has 1 amide bonds. The van der Waals surface area contributed by atoms with Gasteiger partial charge in [-0.25, -0.2) is 9.97 Å². The van der Waals surface area contributed by atoms with Crippen LogP contribution in [0.15, 0.2) is 55.0 Å². The molecule has 1 atom stereocenters. The van der Waals surface area contributed by atoms with Crippen molar-refractivity contribution in [2.24, 2.45) is 11.8 Å². The summed E-state index contributed by atoms with van der Waals surface area (Å²) in [5, 5.41) is 2.18. The largest absolute Gasteiger partial charge is 0.573 e. The molecule has 4 aromatic rings. The topological polar surface area (TPSA) is 83.6 Å².